The summed E-state index contributed by atoms with van der Waals surface area (Å²) in [6.07, 6.45) is 2.80. The van der Waals surface area contributed by atoms with E-state index in [0.29, 0.717) is 5.69 Å². The van der Waals surface area contributed by atoms with Crippen LogP contribution >= 0.6 is 11.8 Å². The lowest BCUT2D eigenvalue weighted by molar-refractivity contribution is -0.114. The molecule has 0 aromatic heterocycles. The zero-order chi connectivity index (χ0) is 17.7. The standard InChI is InChI=1S/C16H17FN2O3S2/c1-23-15-10-6-4-8-13(15)18-16(20)11-19(24(2,21)22)14-9-5-3-7-12(14)17/h3-10H,11H2,1-2H3,(H,18,20). The monoisotopic (exact) mass is 368 g/mol. The fourth-order valence-corrected chi connectivity index (χ4v) is 3.51. The van der Waals surface area contributed by atoms with Crippen molar-refractivity contribution in [3.8, 4) is 0 Å². The third kappa shape index (κ3) is 4.48. The number of sulfonamides is 1. The summed E-state index contributed by atoms with van der Waals surface area (Å²) in [7, 11) is -3.82. The Morgan fingerprint density at radius 2 is 1.79 bits per heavy atom. The van der Waals surface area contributed by atoms with Crippen LogP contribution in [-0.2, 0) is 14.8 Å². The van der Waals surface area contributed by atoms with Gasteiger partial charge in [-0.1, -0.05) is 24.3 Å². The van der Waals surface area contributed by atoms with Gasteiger partial charge in [-0.05, 0) is 30.5 Å². The summed E-state index contributed by atoms with van der Waals surface area (Å²) in [5.41, 5.74) is 0.422. The summed E-state index contributed by atoms with van der Waals surface area (Å²) in [6, 6.07) is 12.6. The zero-order valence-corrected chi connectivity index (χ0v) is 14.8. The van der Waals surface area contributed by atoms with E-state index in [4.69, 9.17) is 0 Å². The van der Waals surface area contributed by atoms with Gasteiger partial charge in [0, 0.05) is 4.90 Å². The number of amides is 1. The lowest BCUT2D eigenvalue weighted by Crippen LogP contribution is -2.38. The number of hydrogen-bond donors (Lipinski definition) is 1. The van der Waals surface area contributed by atoms with Crippen LogP contribution in [0, 0.1) is 5.82 Å². The van der Waals surface area contributed by atoms with E-state index in [-0.39, 0.29) is 5.69 Å². The van der Waals surface area contributed by atoms with Crippen molar-refractivity contribution in [3.63, 3.8) is 0 Å². The molecule has 0 aliphatic heterocycles. The first-order chi connectivity index (χ1) is 11.3. The first-order valence-electron chi connectivity index (χ1n) is 6.98. The lowest BCUT2D eigenvalue weighted by atomic mass is 10.3. The molecule has 0 saturated carbocycles. The fraction of sp³-hybridized carbons (Fsp3) is 0.188. The van der Waals surface area contributed by atoms with Crippen LogP contribution in [0.2, 0.25) is 0 Å². The van der Waals surface area contributed by atoms with Gasteiger partial charge in [0.2, 0.25) is 15.9 Å². The smallest absolute Gasteiger partial charge is 0.245 e. The highest BCUT2D eigenvalue weighted by Gasteiger charge is 2.23. The van der Waals surface area contributed by atoms with E-state index in [1.54, 1.807) is 12.1 Å². The van der Waals surface area contributed by atoms with Crippen molar-refractivity contribution >= 4 is 39.1 Å². The molecule has 2 aromatic carbocycles. The Morgan fingerprint density at radius 3 is 2.42 bits per heavy atom. The van der Waals surface area contributed by atoms with Crippen LogP contribution in [0.15, 0.2) is 53.4 Å². The van der Waals surface area contributed by atoms with Crippen molar-refractivity contribution in [1.82, 2.24) is 0 Å². The number of halogens is 1. The van der Waals surface area contributed by atoms with Crippen molar-refractivity contribution in [3.05, 3.63) is 54.3 Å². The van der Waals surface area contributed by atoms with E-state index in [9.17, 15) is 17.6 Å². The van der Waals surface area contributed by atoms with Crippen LogP contribution in [0.25, 0.3) is 0 Å². The average molecular weight is 368 g/mol. The minimum absolute atomic E-state index is 0.159. The molecule has 0 unspecified atom stereocenters. The molecule has 0 saturated heterocycles. The SMILES string of the molecule is CSc1ccccc1NC(=O)CN(c1ccccc1F)S(C)(=O)=O. The molecular weight excluding hydrogens is 351 g/mol. The minimum Gasteiger partial charge on any atom is -0.323 e. The molecule has 0 heterocycles. The molecule has 0 bridgehead atoms. The summed E-state index contributed by atoms with van der Waals surface area (Å²) in [4.78, 5) is 13.1. The van der Waals surface area contributed by atoms with Crippen LogP contribution < -0.4 is 9.62 Å². The van der Waals surface area contributed by atoms with Gasteiger partial charge in [0.05, 0.1) is 17.6 Å². The van der Waals surface area contributed by atoms with E-state index >= 15 is 0 Å². The molecular formula is C16H17FN2O3S2. The molecule has 0 spiro atoms. The number of para-hydroxylation sites is 2. The van der Waals surface area contributed by atoms with Gasteiger partial charge < -0.3 is 5.32 Å². The van der Waals surface area contributed by atoms with Crippen molar-refractivity contribution in [1.29, 1.82) is 0 Å². The third-order valence-corrected chi connectivity index (χ3v) is 5.11. The quantitative estimate of drug-likeness (QED) is 0.796. The molecule has 0 fully saturated rings. The summed E-state index contributed by atoms with van der Waals surface area (Å²) in [6.45, 7) is -0.511. The lowest BCUT2D eigenvalue weighted by Gasteiger charge is -2.22. The van der Waals surface area contributed by atoms with Crippen LogP contribution in [0.1, 0.15) is 0 Å². The van der Waals surface area contributed by atoms with Gasteiger partial charge in [-0.25, -0.2) is 12.8 Å². The Balaban J connectivity index is 2.25. The van der Waals surface area contributed by atoms with Gasteiger partial charge in [-0.3, -0.25) is 9.10 Å². The van der Waals surface area contributed by atoms with E-state index < -0.39 is 28.3 Å². The third-order valence-electron chi connectivity index (χ3n) is 3.19. The Hall–Kier alpha value is -2.06. The van der Waals surface area contributed by atoms with Gasteiger partial charge in [-0.2, -0.15) is 0 Å². The molecule has 0 atom stereocenters. The Bertz CT molecular complexity index is 841. The molecule has 1 amide bonds. The second kappa shape index (κ2) is 7.67. The summed E-state index contributed by atoms with van der Waals surface area (Å²) in [5.74, 6) is -1.26. The Kier molecular flexibility index (Phi) is 5.84. The number of hydrogen-bond acceptors (Lipinski definition) is 4. The van der Waals surface area contributed by atoms with Crippen LogP contribution in [0.4, 0.5) is 15.8 Å². The molecule has 0 aliphatic carbocycles. The van der Waals surface area contributed by atoms with Gasteiger partial charge >= 0.3 is 0 Å². The van der Waals surface area contributed by atoms with E-state index in [1.165, 1.54) is 30.0 Å². The van der Waals surface area contributed by atoms with Gasteiger partial charge in [0.25, 0.3) is 0 Å². The molecule has 2 rings (SSSR count). The van der Waals surface area contributed by atoms with Crippen molar-refractivity contribution in [2.75, 3.05) is 28.7 Å². The number of nitrogens with one attached hydrogen (secondary N) is 1. The first-order valence-corrected chi connectivity index (χ1v) is 10.1. The highest BCUT2D eigenvalue weighted by molar-refractivity contribution is 7.98. The first kappa shape index (κ1) is 18.3. The minimum atomic E-state index is -3.82. The van der Waals surface area contributed by atoms with E-state index in [0.717, 1.165) is 21.5 Å². The number of nitrogens with zero attached hydrogens (tertiary/aromatic N) is 1. The van der Waals surface area contributed by atoms with Gasteiger partial charge in [0.15, 0.2) is 0 Å². The summed E-state index contributed by atoms with van der Waals surface area (Å²) in [5, 5.41) is 2.66. The Labute approximate surface area is 144 Å². The predicted molar refractivity (Wildman–Crippen MR) is 95.4 cm³/mol. The molecule has 0 aliphatic rings. The summed E-state index contributed by atoms with van der Waals surface area (Å²) >= 11 is 1.45. The summed E-state index contributed by atoms with van der Waals surface area (Å²) < 4.78 is 38.6. The predicted octanol–water partition coefficient (Wildman–Crippen LogP) is 2.95. The van der Waals surface area contributed by atoms with Crippen molar-refractivity contribution in [2.24, 2.45) is 0 Å². The van der Waals surface area contributed by atoms with Gasteiger partial charge in [0.1, 0.15) is 12.4 Å². The molecule has 5 nitrogen and oxygen atoms in total. The molecule has 8 heteroatoms. The van der Waals surface area contributed by atoms with Crippen molar-refractivity contribution < 1.29 is 17.6 Å². The van der Waals surface area contributed by atoms with Crippen LogP contribution in [0.5, 0.6) is 0 Å². The number of rotatable bonds is 6. The van der Waals surface area contributed by atoms with Gasteiger partial charge in [-0.15, -0.1) is 11.8 Å². The van der Waals surface area contributed by atoms with Crippen LogP contribution in [-0.4, -0.2) is 33.4 Å². The second-order valence-electron chi connectivity index (χ2n) is 4.97. The maximum atomic E-state index is 13.9. The normalized spacial score (nSPS) is 11.1. The fourth-order valence-electron chi connectivity index (χ4n) is 2.10. The largest absolute Gasteiger partial charge is 0.323 e. The number of benzene rings is 2. The van der Waals surface area contributed by atoms with Crippen LogP contribution in [0.3, 0.4) is 0 Å². The van der Waals surface area contributed by atoms with E-state index in [2.05, 4.69) is 5.32 Å². The number of anilines is 2. The molecule has 1 N–H and O–H groups in total. The molecule has 128 valence electrons. The topological polar surface area (TPSA) is 66.5 Å². The molecule has 24 heavy (non-hydrogen) atoms. The number of thioether (sulfide) groups is 1. The molecule has 0 radical (unpaired) electrons. The van der Waals surface area contributed by atoms with E-state index in [1.807, 2.05) is 18.4 Å². The zero-order valence-electron chi connectivity index (χ0n) is 13.2. The molecule has 2 aromatic rings. The second-order valence-corrected chi connectivity index (χ2v) is 7.72. The maximum absolute atomic E-state index is 13.9. The van der Waals surface area contributed by atoms with Crippen molar-refractivity contribution in [2.45, 2.75) is 4.90 Å². The number of carbonyl (C=O) groups is 1. The maximum Gasteiger partial charge on any atom is 0.245 e. The highest BCUT2D eigenvalue weighted by Crippen LogP contribution is 2.25. The highest BCUT2D eigenvalue weighted by atomic mass is 32.2. The number of carbonyl (C=O) groups excluding carboxylic acids is 1. The average Bonchev–Trinajstić information content (AvgIpc) is 2.53. The Morgan fingerprint density at radius 1 is 1.17 bits per heavy atom.